The minimum atomic E-state index is -3.65. The molecule has 0 saturated heterocycles. The van der Waals surface area contributed by atoms with Crippen LogP contribution in [0.5, 0.6) is 0 Å². The molecule has 132 valence electrons. The minimum Gasteiger partial charge on any atom is -0.399 e. The first kappa shape index (κ1) is 18.0. The molecule has 0 atom stereocenters. The summed E-state index contributed by atoms with van der Waals surface area (Å²) in [6.45, 7) is 0. The molecule has 5 nitrogen and oxygen atoms in total. The highest BCUT2D eigenvalue weighted by Gasteiger charge is 2.17. The van der Waals surface area contributed by atoms with Gasteiger partial charge in [-0.2, -0.15) is 0 Å². The number of benzene rings is 3. The van der Waals surface area contributed by atoms with Crippen LogP contribution in [0.4, 0.5) is 11.4 Å². The third kappa shape index (κ3) is 3.71. The molecule has 0 aliphatic heterocycles. The topological polar surface area (TPSA) is 89.3 Å². The average Bonchev–Trinajstić information content (AvgIpc) is 2.63. The van der Waals surface area contributed by atoms with E-state index in [0.29, 0.717) is 22.0 Å². The van der Waals surface area contributed by atoms with Crippen molar-refractivity contribution in [2.75, 3.05) is 11.1 Å². The van der Waals surface area contributed by atoms with Crippen LogP contribution in [-0.4, -0.2) is 14.3 Å². The Morgan fingerprint density at radius 2 is 1.38 bits per heavy atom. The van der Waals surface area contributed by atoms with Crippen molar-refractivity contribution in [1.29, 1.82) is 0 Å². The summed E-state index contributed by atoms with van der Waals surface area (Å²) in [4.78, 5) is 12.5. The van der Waals surface area contributed by atoms with Crippen LogP contribution in [0.2, 0.25) is 5.02 Å². The molecule has 3 rings (SSSR count). The molecule has 7 heteroatoms. The number of nitrogen functional groups attached to an aromatic ring is 1. The first-order chi connectivity index (χ1) is 12.4. The average molecular weight is 387 g/mol. The number of nitrogens with two attached hydrogens (primary N) is 1. The van der Waals surface area contributed by atoms with Crippen LogP contribution in [0.3, 0.4) is 0 Å². The lowest BCUT2D eigenvalue weighted by atomic mass is 10.2. The van der Waals surface area contributed by atoms with E-state index < -0.39 is 9.84 Å². The highest BCUT2D eigenvalue weighted by molar-refractivity contribution is 7.91. The lowest BCUT2D eigenvalue weighted by Gasteiger charge is -2.09. The van der Waals surface area contributed by atoms with Crippen LogP contribution in [0.1, 0.15) is 10.4 Å². The second-order valence-electron chi connectivity index (χ2n) is 5.53. The smallest absolute Gasteiger partial charge is 0.257 e. The monoisotopic (exact) mass is 386 g/mol. The van der Waals surface area contributed by atoms with Crippen molar-refractivity contribution < 1.29 is 13.2 Å². The summed E-state index contributed by atoms with van der Waals surface area (Å²) in [5.74, 6) is -0.371. The minimum absolute atomic E-state index is 0.123. The summed E-state index contributed by atoms with van der Waals surface area (Å²) in [5, 5.41) is 3.03. The predicted molar refractivity (Wildman–Crippen MR) is 102 cm³/mol. The number of anilines is 2. The molecule has 0 unspecified atom stereocenters. The number of amides is 1. The van der Waals surface area contributed by atoms with Crippen LogP contribution in [0.25, 0.3) is 0 Å². The van der Waals surface area contributed by atoms with Crippen LogP contribution in [-0.2, 0) is 9.84 Å². The van der Waals surface area contributed by atoms with E-state index in [1.165, 1.54) is 48.5 Å². The van der Waals surface area contributed by atoms with Crippen LogP contribution in [0, 0.1) is 0 Å². The molecule has 0 saturated carbocycles. The number of halogens is 1. The lowest BCUT2D eigenvalue weighted by molar-refractivity contribution is 0.102. The predicted octanol–water partition coefficient (Wildman–Crippen LogP) is 4.01. The molecule has 0 bridgehead atoms. The number of carbonyl (C=O) groups is 1. The maximum atomic E-state index is 12.6. The van der Waals surface area contributed by atoms with Crippen molar-refractivity contribution in [3.05, 3.63) is 83.4 Å². The van der Waals surface area contributed by atoms with Gasteiger partial charge in [-0.25, -0.2) is 8.42 Å². The summed E-state index contributed by atoms with van der Waals surface area (Å²) in [5.41, 5.74) is 6.88. The number of sulfone groups is 1. The second kappa shape index (κ2) is 7.19. The first-order valence-corrected chi connectivity index (χ1v) is 9.50. The molecule has 0 aromatic heterocycles. The molecular weight excluding hydrogens is 372 g/mol. The molecular formula is C19H15ClN2O3S. The van der Waals surface area contributed by atoms with E-state index in [2.05, 4.69) is 5.32 Å². The molecule has 26 heavy (non-hydrogen) atoms. The zero-order chi connectivity index (χ0) is 18.7. The first-order valence-electron chi connectivity index (χ1n) is 7.64. The van der Waals surface area contributed by atoms with Crippen molar-refractivity contribution in [1.82, 2.24) is 0 Å². The molecule has 0 aliphatic rings. The number of rotatable bonds is 4. The van der Waals surface area contributed by atoms with Crippen LogP contribution in [0.15, 0.2) is 82.6 Å². The zero-order valence-electron chi connectivity index (χ0n) is 13.5. The van der Waals surface area contributed by atoms with Crippen LogP contribution >= 0.6 is 11.6 Å². The van der Waals surface area contributed by atoms with E-state index in [0.717, 1.165) is 0 Å². The Morgan fingerprint density at radius 3 is 1.96 bits per heavy atom. The normalized spacial score (nSPS) is 11.1. The number of hydrogen-bond donors (Lipinski definition) is 2. The summed E-state index contributed by atoms with van der Waals surface area (Å²) >= 11 is 6.00. The number of carbonyl (C=O) groups excluding carboxylic acids is 1. The standard InChI is InChI=1S/C19H15ClN2O3S/c20-18-4-2-1-3-17(18)19(23)22-14-7-11-16(12-8-14)26(24,25)15-9-5-13(21)6-10-15/h1-12H,21H2,(H,22,23). The largest absolute Gasteiger partial charge is 0.399 e. The van der Waals surface area contributed by atoms with Gasteiger partial charge >= 0.3 is 0 Å². The Bertz CT molecular complexity index is 1050. The molecule has 3 aromatic carbocycles. The molecule has 1 amide bonds. The third-order valence-corrected chi connectivity index (χ3v) is 5.85. The van der Waals surface area contributed by atoms with Crippen LogP contribution < -0.4 is 11.1 Å². The van der Waals surface area contributed by atoms with E-state index in [4.69, 9.17) is 17.3 Å². The summed E-state index contributed by atoms with van der Waals surface area (Å²) < 4.78 is 25.2. The quantitative estimate of drug-likeness (QED) is 0.663. The van der Waals surface area contributed by atoms with Crippen molar-refractivity contribution >= 4 is 38.7 Å². The Morgan fingerprint density at radius 1 is 0.846 bits per heavy atom. The van der Waals surface area contributed by atoms with Gasteiger partial charge in [0.25, 0.3) is 5.91 Å². The fourth-order valence-corrected chi connectivity index (χ4v) is 3.83. The maximum absolute atomic E-state index is 12.6. The summed E-state index contributed by atoms with van der Waals surface area (Å²) in [6.07, 6.45) is 0. The van der Waals surface area contributed by atoms with E-state index >= 15 is 0 Å². The lowest BCUT2D eigenvalue weighted by Crippen LogP contribution is -2.12. The fraction of sp³-hybridized carbons (Fsp3) is 0. The van der Waals surface area contributed by atoms with Gasteiger partial charge in [0, 0.05) is 11.4 Å². The van der Waals surface area contributed by atoms with Crippen molar-refractivity contribution in [2.45, 2.75) is 9.79 Å². The van der Waals surface area contributed by atoms with Crippen molar-refractivity contribution in [3.8, 4) is 0 Å². The second-order valence-corrected chi connectivity index (χ2v) is 7.89. The van der Waals surface area contributed by atoms with Gasteiger partial charge in [0.05, 0.1) is 20.4 Å². The number of hydrogen-bond acceptors (Lipinski definition) is 4. The third-order valence-electron chi connectivity index (χ3n) is 3.73. The number of nitrogens with one attached hydrogen (secondary N) is 1. The van der Waals surface area contributed by atoms with E-state index in [9.17, 15) is 13.2 Å². The van der Waals surface area contributed by atoms with Gasteiger partial charge < -0.3 is 11.1 Å². The molecule has 3 aromatic rings. The van der Waals surface area contributed by atoms with Gasteiger partial charge in [-0.15, -0.1) is 0 Å². The van der Waals surface area contributed by atoms with Gasteiger partial charge in [0.1, 0.15) is 0 Å². The van der Waals surface area contributed by atoms with E-state index in [1.807, 2.05) is 0 Å². The summed E-state index contributed by atoms with van der Waals surface area (Å²) in [7, 11) is -3.65. The van der Waals surface area contributed by atoms with Gasteiger partial charge in [0.2, 0.25) is 9.84 Å². The Kier molecular flexibility index (Phi) is 4.97. The van der Waals surface area contributed by atoms with E-state index in [-0.39, 0.29) is 15.7 Å². The molecule has 0 radical (unpaired) electrons. The van der Waals surface area contributed by atoms with Gasteiger partial charge in [-0.3, -0.25) is 4.79 Å². The Hall–Kier alpha value is -2.83. The highest BCUT2D eigenvalue weighted by Crippen LogP contribution is 2.24. The zero-order valence-corrected chi connectivity index (χ0v) is 15.1. The Balaban J connectivity index is 1.81. The maximum Gasteiger partial charge on any atom is 0.257 e. The molecule has 0 heterocycles. The Labute approximate surface area is 156 Å². The van der Waals surface area contributed by atoms with Crippen molar-refractivity contribution in [2.24, 2.45) is 0 Å². The SMILES string of the molecule is Nc1ccc(S(=O)(=O)c2ccc(NC(=O)c3ccccc3Cl)cc2)cc1. The summed E-state index contributed by atoms with van der Waals surface area (Å²) in [6, 6.07) is 18.6. The molecule has 3 N–H and O–H groups in total. The van der Waals surface area contributed by atoms with E-state index in [1.54, 1.807) is 24.3 Å². The molecule has 0 aliphatic carbocycles. The fourth-order valence-electron chi connectivity index (χ4n) is 2.34. The van der Waals surface area contributed by atoms with Gasteiger partial charge in [-0.1, -0.05) is 23.7 Å². The highest BCUT2D eigenvalue weighted by atomic mass is 35.5. The molecule has 0 spiro atoms. The molecule has 0 fully saturated rings. The van der Waals surface area contributed by atoms with Gasteiger partial charge in [0.15, 0.2) is 0 Å². The van der Waals surface area contributed by atoms with Gasteiger partial charge in [-0.05, 0) is 60.7 Å². The van der Waals surface area contributed by atoms with Crippen molar-refractivity contribution in [3.63, 3.8) is 0 Å².